The van der Waals surface area contributed by atoms with Crippen molar-refractivity contribution in [2.24, 2.45) is 0 Å². The van der Waals surface area contributed by atoms with Crippen molar-refractivity contribution in [3.05, 3.63) is 36.5 Å². The summed E-state index contributed by atoms with van der Waals surface area (Å²) in [5, 5.41) is 10.1. The maximum atomic E-state index is 11.3. The van der Waals surface area contributed by atoms with E-state index in [2.05, 4.69) is 11.3 Å². The van der Waals surface area contributed by atoms with E-state index < -0.39 is 11.6 Å². The van der Waals surface area contributed by atoms with Crippen LogP contribution in [0.2, 0.25) is 0 Å². The molecule has 1 N–H and O–H groups in total. The zero-order chi connectivity index (χ0) is 10.6. The normalized spacial score (nSPS) is 25.4. The van der Waals surface area contributed by atoms with Crippen LogP contribution in [0.5, 0.6) is 0 Å². The Labute approximate surface area is 83.4 Å². The molecule has 14 heavy (non-hydrogen) atoms. The number of carbonyl (C=O) groups excluding carboxylic acids is 1. The van der Waals surface area contributed by atoms with Gasteiger partial charge < -0.3 is 9.84 Å². The fraction of sp³-hybridized carbons (Fsp3) is 0.364. The van der Waals surface area contributed by atoms with E-state index >= 15 is 0 Å². The molecule has 0 aromatic rings. The molecular weight excluding hydrogens is 180 g/mol. The highest BCUT2D eigenvalue weighted by atomic mass is 16.5. The van der Waals surface area contributed by atoms with E-state index in [0.29, 0.717) is 18.4 Å². The Morgan fingerprint density at radius 1 is 1.86 bits per heavy atom. The molecule has 0 aromatic heterocycles. The minimum absolute atomic E-state index is 0.294. The largest absolute Gasteiger partial charge is 0.466 e. The third-order valence-corrected chi connectivity index (χ3v) is 2.18. The van der Waals surface area contributed by atoms with Crippen LogP contribution in [0, 0.1) is 0 Å². The van der Waals surface area contributed by atoms with Crippen molar-refractivity contribution in [2.75, 3.05) is 7.11 Å². The van der Waals surface area contributed by atoms with E-state index in [0.717, 1.165) is 0 Å². The number of aliphatic hydroxyl groups is 1. The molecule has 0 heterocycles. The van der Waals surface area contributed by atoms with Crippen LogP contribution in [0.3, 0.4) is 0 Å². The van der Waals surface area contributed by atoms with Crippen LogP contribution in [-0.2, 0) is 9.53 Å². The molecule has 3 heteroatoms. The maximum absolute atomic E-state index is 11.3. The lowest BCUT2D eigenvalue weighted by atomic mass is 9.86. The van der Waals surface area contributed by atoms with E-state index in [1.807, 2.05) is 6.08 Å². The first-order chi connectivity index (χ1) is 6.64. The van der Waals surface area contributed by atoms with Crippen LogP contribution in [0.1, 0.15) is 12.8 Å². The van der Waals surface area contributed by atoms with Gasteiger partial charge in [-0.2, -0.15) is 0 Å². The average molecular weight is 194 g/mol. The van der Waals surface area contributed by atoms with Gasteiger partial charge in [-0.25, -0.2) is 4.79 Å². The first kappa shape index (κ1) is 10.7. The van der Waals surface area contributed by atoms with Gasteiger partial charge in [0.15, 0.2) is 0 Å². The van der Waals surface area contributed by atoms with Crippen LogP contribution in [0.15, 0.2) is 36.5 Å². The smallest absolute Gasteiger partial charge is 0.336 e. The lowest BCUT2D eigenvalue weighted by Gasteiger charge is -2.27. The van der Waals surface area contributed by atoms with Crippen molar-refractivity contribution in [3.8, 4) is 0 Å². The molecule has 1 unspecified atom stereocenters. The predicted molar refractivity (Wildman–Crippen MR) is 53.6 cm³/mol. The van der Waals surface area contributed by atoms with E-state index in [-0.39, 0.29) is 0 Å². The first-order valence-electron chi connectivity index (χ1n) is 4.44. The summed E-state index contributed by atoms with van der Waals surface area (Å²) >= 11 is 0. The zero-order valence-electron chi connectivity index (χ0n) is 8.19. The summed E-state index contributed by atoms with van der Waals surface area (Å²) in [6, 6.07) is 0. The molecule has 76 valence electrons. The molecule has 0 amide bonds. The molecule has 1 aliphatic carbocycles. The third kappa shape index (κ3) is 1.93. The van der Waals surface area contributed by atoms with Crippen LogP contribution >= 0.6 is 0 Å². The topological polar surface area (TPSA) is 46.5 Å². The Bertz CT molecular complexity index is 302. The van der Waals surface area contributed by atoms with E-state index in [1.54, 1.807) is 18.2 Å². The molecule has 3 nitrogen and oxygen atoms in total. The van der Waals surface area contributed by atoms with Gasteiger partial charge in [0.05, 0.1) is 12.7 Å². The summed E-state index contributed by atoms with van der Waals surface area (Å²) in [4.78, 5) is 11.3. The Hall–Kier alpha value is -1.35. The minimum Gasteiger partial charge on any atom is -0.466 e. The fourth-order valence-electron chi connectivity index (χ4n) is 1.48. The highest BCUT2D eigenvalue weighted by molar-refractivity contribution is 5.91. The molecule has 0 saturated carbocycles. The van der Waals surface area contributed by atoms with Crippen molar-refractivity contribution in [2.45, 2.75) is 18.4 Å². The SMILES string of the molecule is C=CCC1(O)C=CCC=C1C(=O)OC. The van der Waals surface area contributed by atoms with Gasteiger partial charge in [0.1, 0.15) is 5.60 Å². The summed E-state index contributed by atoms with van der Waals surface area (Å²) in [7, 11) is 1.30. The summed E-state index contributed by atoms with van der Waals surface area (Å²) in [6.07, 6.45) is 7.63. The fourth-order valence-corrected chi connectivity index (χ4v) is 1.48. The highest BCUT2D eigenvalue weighted by Crippen LogP contribution is 2.28. The number of hydrogen-bond donors (Lipinski definition) is 1. The number of carbonyl (C=O) groups is 1. The van der Waals surface area contributed by atoms with Crippen molar-refractivity contribution < 1.29 is 14.6 Å². The zero-order valence-corrected chi connectivity index (χ0v) is 8.19. The number of esters is 1. The predicted octanol–water partition coefficient (Wildman–Crippen LogP) is 1.35. The van der Waals surface area contributed by atoms with Crippen LogP contribution in [0.4, 0.5) is 0 Å². The number of rotatable bonds is 3. The molecule has 0 radical (unpaired) electrons. The second kappa shape index (κ2) is 4.24. The second-order valence-electron chi connectivity index (χ2n) is 3.16. The molecule has 1 aliphatic rings. The van der Waals surface area contributed by atoms with Crippen molar-refractivity contribution in [1.29, 1.82) is 0 Å². The van der Waals surface area contributed by atoms with Crippen molar-refractivity contribution >= 4 is 5.97 Å². The van der Waals surface area contributed by atoms with Gasteiger partial charge in [-0.3, -0.25) is 0 Å². The van der Waals surface area contributed by atoms with Gasteiger partial charge in [0.2, 0.25) is 0 Å². The van der Waals surface area contributed by atoms with Gasteiger partial charge in [-0.05, 0) is 6.42 Å². The molecule has 0 aromatic carbocycles. The van der Waals surface area contributed by atoms with Crippen LogP contribution < -0.4 is 0 Å². The molecule has 1 rings (SSSR count). The summed E-state index contributed by atoms with van der Waals surface area (Å²) < 4.78 is 4.60. The maximum Gasteiger partial charge on any atom is 0.336 e. The van der Waals surface area contributed by atoms with Crippen LogP contribution in [0.25, 0.3) is 0 Å². The van der Waals surface area contributed by atoms with E-state index in [1.165, 1.54) is 7.11 Å². The van der Waals surface area contributed by atoms with Gasteiger partial charge in [-0.15, -0.1) is 6.58 Å². The number of hydrogen-bond acceptors (Lipinski definition) is 3. The summed E-state index contributed by atoms with van der Waals surface area (Å²) in [5.74, 6) is -0.487. The van der Waals surface area contributed by atoms with E-state index in [9.17, 15) is 9.90 Å². The lowest BCUT2D eigenvalue weighted by molar-refractivity contribution is -0.138. The number of ether oxygens (including phenoxy) is 1. The second-order valence-corrected chi connectivity index (χ2v) is 3.16. The summed E-state index contributed by atoms with van der Waals surface area (Å²) in [5.41, 5.74) is -0.949. The van der Waals surface area contributed by atoms with Crippen molar-refractivity contribution in [1.82, 2.24) is 0 Å². The Balaban J connectivity index is 2.96. The van der Waals surface area contributed by atoms with Gasteiger partial charge >= 0.3 is 5.97 Å². The summed E-state index contributed by atoms with van der Waals surface area (Å²) in [6.45, 7) is 3.55. The molecule has 1 atom stereocenters. The standard InChI is InChI=1S/C11H14O3/c1-3-7-11(13)8-5-4-6-9(11)10(12)14-2/h3,5-6,8,13H,1,4,7H2,2H3. The van der Waals surface area contributed by atoms with E-state index in [4.69, 9.17) is 0 Å². The molecule has 0 fully saturated rings. The monoisotopic (exact) mass is 194 g/mol. The Morgan fingerprint density at radius 3 is 3.14 bits per heavy atom. The average Bonchev–Trinajstić information content (AvgIpc) is 2.17. The Kier molecular flexibility index (Phi) is 3.25. The highest BCUT2D eigenvalue weighted by Gasteiger charge is 2.33. The third-order valence-electron chi connectivity index (χ3n) is 2.18. The molecule has 0 bridgehead atoms. The Morgan fingerprint density at radius 2 is 2.57 bits per heavy atom. The number of methoxy groups -OCH3 is 1. The lowest BCUT2D eigenvalue weighted by Crippen LogP contribution is -2.34. The quantitative estimate of drug-likeness (QED) is 0.545. The van der Waals surface area contributed by atoms with Gasteiger partial charge in [0.25, 0.3) is 0 Å². The molecule has 0 saturated heterocycles. The number of allylic oxidation sites excluding steroid dienone is 2. The molecular formula is C11H14O3. The minimum atomic E-state index is -1.24. The van der Waals surface area contributed by atoms with Gasteiger partial charge in [0, 0.05) is 6.42 Å². The van der Waals surface area contributed by atoms with Crippen LogP contribution in [-0.4, -0.2) is 23.8 Å². The molecule has 0 spiro atoms. The first-order valence-corrected chi connectivity index (χ1v) is 4.44. The van der Waals surface area contributed by atoms with Gasteiger partial charge in [-0.1, -0.05) is 24.3 Å². The van der Waals surface area contributed by atoms with Crippen molar-refractivity contribution in [3.63, 3.8) is 0 Å². The molecule has 0 aliphatic heterocycles.